The van der Waals surface area contributed by atoms with E-state index in [2.05, 4.69) is 6.07 Å². The predicted molar refractivity (Wildman–Crippen MR) is 93.2 cm³/mol. The minimum atomic E-state index is -0.746. The molecule has 0 radical (unpaired) electrons. The van der Waals surface area contributed by atoms with Crippen molar-refractivity contribution in [2.75, 3.05) is 6.61 Å². The highest BCUT2D eigenvalue weighted by Gasteiger charge is 2.12. The van der Waals surface area contributed by atoms with Crippen molar-refractivity contribution >= 4 is 22.5 Å². The van der Waals surface area contributed by atoms with Crippen LogP contribution in [0.5, 0.6) is 5.75 Å². The van der Waals surface area contributed by atoms with Crippen molar-refractivity contribution in [1.29, 1.82) is 0 Å². The maximum Gasteiger partial charge on any atom is 0.422 e. The maximum atomic E-state index is 12.0. The molecule has 0 saturated heterocycles. The minimum absolute atomic E-state index is 0.218. The van der Waals surface area contributed by atoms with Crippen molar-refractivity contribution in [1.82, 2.24) is 4.57 Å². The molecule has 0 amide bonds. The summed E-state index contributed by atoms with van der Waals surface area (Å²) in [4.78, 5) is 23.8. The second-order valence-electron chi connectivity index (χ2n) is 5.61. The highest BCUT2D eigenvalue weighted by molar-refractivity contribution is 6.35. The molecule has 0 bridgehead atoms. The predicted octanol–water partition coefficient (Wildman–Crippen LogP) is 3.30. The van der Waals surface area contributed by atoms with Gasteiger partial charge in [0.25, 0.3) is 0 Å². The molecule has 24 heavy (non-hydrogen) atoms. The summed E-state index contributed by atoms with van der Waals surface area (Å²) in [6.07, 6.45) is 0. The number of rotatable bonds is 4. The molecule has 0 aliphatic carbocycles. The lowest BCUT2D eigenvalue weighted by molar-refractivity contribution is 0.287. The molecule has 3 rings (SSSR count). The molecule has 0 aliphatic rings. The van der Waals surface area contributed by atoms with Crippen molar-refractivity contribution in [2.24, 2.45) is 0 Å². The maximum absolute atomic E-state index is 12.0. The van der Waals surface area contributed by atoms with E-state index >= 15 is 0 Å². The summed E-state index contributed by atoms with van der Waals surface area (Å²) < 4.78 is 11.8. The zero-order chi connectivity index (χ0) is 17.3. The molecule has 0 fully saturated rings. The molecule has 0 unspecified atom stereocenters. The summed E-state index contributed by atoms with van der Waals surface area (Å²) in [6, 6.07) is 10.7. The van der Waals surface area contributed by atoms with E-state index in [1.807, 2.05) is 26.0 Å². The Morgan fingerprint density at radius 2 is 1.83 bits per heavy atom. The molecule has 3 aromatic rings. The Labute approximate surface area is 143 Å². The lowest BCUT2D eigenvalue weighted by Crippen LogP contribution is -2.27. The van der Waals surface area contributed by atoms with Crippen LogP contribution in [0.1, 0.15) is 11.1 Å². The second kappa shape index (κ2) is 6.53. The number of benzene rings is 2. The van der Waals surface area contributed by atoms with Gasteiger partial charge in [0.15, 0.2) is 0 Å². The zero-order valence-electron chi connectivity index (χ0n) is 13.3. The average molecular weight is 346 g/mol. The minimum Gasteiger partial charge on any atom is -0.492 e. The summed E-state index contributed by atoms with van der Waals surface area (Å²) in [5.41, 5.74) is 1.87. The van der Waals surface area contributed by atoms with E-state index in [1.165, 1.54) is 4.57 Å². The Hall–Kier alpha value is -2.53. The highest BCUT2D eigenvalue weighted by atomic mass is 35.5. The second-order valence-corrected chi connectivity index (χ2v) is 6.02. The van der Waals surface area contributed by atoms with Crippen LogP contribution in [0.2, 0.25) is 5.02 Å². The summed E-state index contributed by atoms with van der Waals surface area (Å²) in [6.45, 7) is 4.44. The van der Waals surface area contributed by atoms with Crippen LogP contribution in [0.3, 0.4) is 0 Å². The molecule has 1 aromatic heterocycles. The summed E-state index contributed by atoms with van der Waals surface area (Å²) in [5.74, 6) is -0.0158. The summed E-state index contributed by atoms with van der Waals surface area (Å²) in [5, 5.41) is 0.595. The van der Waals surface area contributed by atoms with Crippen LogP contribution in [0.15, 0.2) is 50.4 Å². The van der Waals surface area contributed by atoms with E-state index in [0.29, 0.717) is 10.5 Å². The van der Waals surface area contributed by atoms with Gasteiger partial charge in [0.2, 0.25) is 0 Å². The first kappa shape index (κ1) is 16.3. The molecule has 0 saturated carbocycles. The van der Waals surface area contributed by atoms with Crippen molar-refractivity contribution in [3.05, 3.63) is 73.5 Å². The van der Waals surface area contributed by atoms with E-state index in [1.54, 1.807) is 18.2 Å². The fourth-order valence-corrected chi connectivity index (χ4v) is 2.99. The Bertz CT molecular complexity index is 999. The molecule has 0 spiro atoms. The van der Waals surface area contributed by atoms with Crippen LogP contribution in [0, 0.1) is 13.8 Å². The largest absolute Gasteiger partial charge is 0.492 e. The van der Waals surface area contributed by atoms with Crippen LogP contribution in [-0.2, 0) is 6.54 Å². The monoisotopic (exact) mass is 345 g/mol. The molecule has 0 atom stereocenters. The number of halogens is 1. The standard InChI is InChI=1S/C18H16ClNO4/c1-11-8-12(2)10-13(9-11)23-7-6-20-16-14(4-3-5-15(16)19)17(21)24-18(20)22/h3-5,8-10H,6-7H2,1-2H3. The Balaban J connectivity index is 1.90. The van der Waals surface area contributed by atoms with Gasteiger partial charge in [0, 0.05) is 0 Å². The first-order valence-corrected chi connectivity index (χ1v) is 7.87. The average Bonchev–Trinajstić information content (AvgIpc) is 2.50. The van der Waals surface area contributed by atoms with Crippen LogP contribution < -0.4 is 16.1 Å². The number of ether oxygens (including phenoxy) is 1. The first-order chi connectivity index (χ1) is 11.5. The van der Waals surface area contributed by atoms with Crippen LogP contribution >= 0.6 is 11.6 Å². The molecule has 124 valence electrons. The third kappa shape index (κ3) is 3.21. The van der Waals surface area contributed by atoms with Gasteiger partial charge < -0.3 is 9.15 Å². The number of fused-ring (bicyclic) bond motifs is 1. The smallest absolute Gasteiger partial charge is 0.422 e. The van der Waals surface area contributed by atoms with Gasteiger partial charge in [-0.3, -0.25) is 4.57 Å². The molecular weight excluding hydrogens is 330 g/mol. The van der Waals surface area contributed by atoms with E-state index < -0.39 is 11.4 Å². The number of nitrogens with zero attached hydrogens (tertiary/aromatic N) is 1. The molecule has 2 aromatic carbocycles. The van der Waals surface area contributed by atoms with E-state index in [4.69, 9.17) is 20.8 Å². The number of para-hydroxylation sites is 1. The summed E-state index contributed by atoms with van der Waals surface area (Å²) in [7, 11) is 0. The quantitative estimate of drug-likeness (QED) is 0.728. The summed E-state index contributed by atoms with van der Waals surface area (Å²) >= 11 is 6.16. The molecule has 0 N–H and O–H groups in total. The number of aromatic nitrogens is 1. The number of hydrogen-bond acceptors (Lipinski definition) is 4. The molecule has 0 aliphatic heterocycles. The molecule has 5 nitrogen and oxygen atoms in total. The van der Waals surface area contributed by atoms with Crippen LogP contribution in [0.25, 0.3) is 10.9 Å². The Morgan fingerprint density at radius 3 is 2.54 bits per heavy atom. The van der Waals surface area contributed by atoms with E-state index in [9.17, 15) is 9.59 Å². The first-order valence-electron chi connectivity index (χ1n) is 7.49. The van der Waals surface area contributed by atoms with Gasteiger partial charge in [0.1, 0.15) is 12.4 Å². The third-order valence-corrected chi connectivity index (χ3v) is 3.96. The van der Waals surface area contributed by atoms with Crippen molar-refractivity contribution in [3.8, 4) is 5.75 Å². The Kier molecular flexibility index (Phi) is 4.44. The fraction of sp³-hybridized carbons (Fsp3) is 0.222. The fourth-order valence-electron chi connectivity index (χ4n) is 2.71. The Morgan fingerprint density at radius 1 is 1.12 bits per heavy atom. The van der Waals surface area contributed by atoms with Gasteiger partial charge in [-0.1, -0.05) is 23.7 Å². The van der Waals surface area contributed by atoms with Gasteiger partial charge in [-0.2, -0.15) is 0 Å². The molecular formula is C18H16ClNO4. The van der Waals surface area contributed by atoms with Crippen LogP contribution in [-0.4, -0.2) is 11.2 Å². The molecule has 1 heterocycles. The van der Waals surface area contributed by atoms with E-state index in [0.717, 1.165) is 16.9 Å². The normalized spacial score (nSPS) is 11.0. The van der Waals surface area contributed by atoms with Crippen molar-refractivity contribution in [2.45, 2.75) is 20.4 Å². The highest BCUT2D eigenvalue weighted by Crippen LogP contribution is 2.20. The van der Waals surface area contributed by atoms with Gasteiger partial charge in [-0.15, -0.1) is 0 Å². The molecule has 6 heteroatoms. The number of aryl methyl sites for hydroxylation is 2. The SMILES string of the molecule is Cc1cc(C)cc(OCCn2c(=O)oc(=O)c3cccc(Cl)c32)c1. The van der Waals surface area contributed by atoms with Crippen LogP contribution in [0.4, 0.5) is 0 Å². The third-order valence-electron chi connectivity index (χ3n) is 3.66. The van der Waals surface area contributed by atoms with Gasteiger partial charge in [-0.05, 0) is 49.2 Å². The van der Waals surface area contributed by atoms with Gasteiger partial charge in [-0.25, -0.2) is 9.59 Å². The van der Waals surface area contributed by atoms with Gasteiger partial charge in [0.05, 0.1) is 22.5 Å². The zero-order valence-corrected chi connectivity index (χ0v) is 14.1. The van der Waals surface area contributed by atoms with Crippen molar-refractivity contribution < 1.29 is 9.15 Å². The lowest BCUT2D eigenvalue weighted by Gasteiger charge is -2.11. The van der Waals surface area contributed by atoms with Crippen molar-refractivity contribution in [3.63, 3.8) is 0 Å². The topological polar surface area (TPSA) is 61.4 Å². The lowest BCUT2D eigenvalue weighted by atomic mass is 10.1. The number of hydrogen-bond donors (Lipinski definition) is 0. The van der Waals surface area contributed by atoms with E-state index in [-0.39, 0.29) is 18.5 Å². The van der Waals surface area contributed by atoms with Gasteiger partial charge >= 0.3 is 11.4 Å².